The first-order chi connectivity index (χ1) is 7.66. The number of amides is 1. The second-order valence-corrected chi connectivity index (χ2v) is 6.18. The van der Waals surface area contributed by atoms with Crippen LogP contribution < -0.4 is 0 Å². The van der Waals surface area contributed by atoms with Crippen LogP contribution in [0.2, 0.25) is 0 Å². The molecule has 1 aromatic rings. The fourth-order valence-corrected chi connectivity index (χ4v) is 2.50. The maximum Gasteiger partial charge on any atom is 0.253 e. The number of likely N-dealkylation sites (tertiary alicyclic amines) is 1. The maximum atomic E-state index is 12.1. The molecule has 0 unspecified atom stereocenters. The lowest BCUT2D eigenvalue weighted by Crippen LogP contribution is -2.38. The van der Waals surface area contributed by atoms with Crippen molar-refractivity contribution in [3.8, 4) is 0 Å². The number of alkyl halides is 1. The van der Waals surface area contributed by atoms with Crippen LogP contribution in [0, 0.1) is 0 Å². The van der Waals surface area contributed by atoms with E-state index in [1.165, 1.54) is 0 Å². The van der Waals surface area contributed by atoms with Crippen LogP contribution in [-0.2, 0) is 0 Å². The molecule has 0 spiro atoms. The fourth-order valence-electron chi connectivity index (χ4n) is 1.83. The van der Waals surface area contributed by atoms with Crippen LogP contribution >= 0.6 is 31.9 Å². The van der Waals surface area contributed by atoms with Crippen molar-refractivity contribution in [2.24, 2.45) is 0 Å². The molecule has 0 N–H and O–H groups in total. The van der Waals surface area contributed by atoms with E-state index in [0.717, 1.165) is 36.0 Å². The van der Waals surface area contributed by atoms with E-state index in [0.29, 0.717) is 4.83 Å². The maximum absolute atomic E-state index is 12.1. The number of halogens is 2. The SMILES string of the molecule is O=C(c1ccc(Br)cc1)N1CCC(Br)CC1. The average molecular weight is 347 g/mol. The third-order valence-electron chi connectivity index (χ3n) is 2.80. The Labute approximate surface area is 112 Å². The van der Waals surface area contributed by atoms with E-state index >= 15 is 0 Å². The molecule has 1 aliphatic heterocycles. The molecule has 1 amide bonds. The van der Waals surface area contributed by atoms with Crippen molar-refractivity contribution < 1.29 is 4.79 Å². The lowest BCUT2D eigenvalue weighted by Gasteiger charge is -2.29. The summed E-state index contributed by atoms with van der Waals surface area (Å²) in [6.45, 7) is 1.70. The quantitative estimate of drug-likeness (QED) is 0.713. The smallest absolute Gasteiger partial charge is 0.253 e. The molecular formula is C12H13Br2NO. The van der Waals surface area contributed by atoms with E-state index < -0.39 is 0 Å². The summed E-state index contributed by atoms with van der Waals surface area (Å²) < 4.78 is 1.00. The molecule has 0 radical (unpaired) electrons. The number of hydrogen-bond donors (Lipinski definition) is 0. The molecule has 2 rings (SSSR count). The number of rotatable bonds is 1. The van der Waals surface area contributed by atoms with Gasteiger partial charge < -0.3 is 4.90 Å². The van der Waals surface area contributed by atoms with E-state index in [4.69, 9.17) is 0 Å². The second kappa shape index (κ2) is 5.32. The van der Waals surface area contributed by atoms with Crippen LogP contribution in [0.3, 0.4) is 0 Å². The summed E-state index contributed by atoms with van der Waals surface area (Å²) in [5, 5.41) is 0. The molecule has 4 heteroatoms. The largest absolute Gasteiger partial charge is 0.339 e. The Morgan fingerprint density at radius 3 is 2.31 bits per heavy atom. The lowest BCUT2D eigenvalue weighted by atomic mass is 10.1. The van der Waals surface area contributed by atoms with Gasteiger partial charge in [0.25, 0.3) is 5.91 Å². The first kappa shape index (κ1) is 12.1. The summed E-state index contributed by atoms with van der Waals surface area (Å²) in [5.74, 6) is 0.145. The van der Waals surface area contributed by atoms with Gasteiger partial charge in [-0.3, -0.25) is 4.79 Å². The molecule has 1 aromatic carbocycles. The van der Waals surface area contributed by atoms with Crippen molar-refractivity contribution in [1.29, 1.82) is 0 Å². The van der Waals surface area contributed by atoms with Gasteiger partial charge in [-0.05, 0) is 37.1 Å². The van der Waals surface area contributed by atoms with E-state index in [1.807, 2.05) is 29.2 Å². The van der Waals surface area contributed by atoms with Crippen molar-refractivity contribution in [2.45, 2.75) is 17.7 Å². The van der Waals surface area contributed by atoms with Gasteiger partial charge in [0.05, 0.1) is 0 Å². The predicted octanol–water partition coefficient (Wildman–Crippen LogP) is 3.45. The standard InChI is InChI=1S/C12H13Br2NO/c13-10-3-1-9(2-4-10)12(16)15-7-5-11(14)6-8-15/h1-4,11H,5-8H2. The zero-order valence-corrected chi connectivity index (χ0v) is 12.0. The van der Waals surface area contributed by atoms with Gasteiger partial charge in [0.1, 0.15) is 0 Å². The third-order valence-corrected chi connectivity index (χ3v) is 4.25. The zero-order chi connectivity index (χ0) is 11.5. The Morgan fingerprint density at radius 2 is 1.75 bits per heavy atom. The molecule has 0 saturated carbocycles. The van der Waals surface area contributed by atoms with Crippen LogP contribution in [0.1, 0.15) is 23.2 Å². The lowest BCUT2D eigenvalue weighted by molar-refractivity contribution is 0.0728. The molecule has 1 aliphatic rings. The van der Waals surface area contributed by atoms with Crippen molar-refractivity contribution in [1.82, 2.24) is 4.90 Å². The molecule has 0 atom stereocenters. The highest BCUT2D eigenvalue weighted by atomic mass is 79.9. The Hall–Kier alpha value is -0.350. The summed E-state index contributed by atoms with van der Waals surface area (Å²) in [4.78, 5) is 14.6. The van der Waals surface area contributed by atoms with Crippen LogP contribution in [0.15, 0.2) is 28.7 Å². The normalized spacial score (nSPS) is 17.5. The molecule has 0 aromatic heterocycles. The summed E-state index contributed by atoms with van der Waals surface area (Å²) in [5.41, 5.74) is 0.774. The topological polar surface area (TPSA) is 20.3 Å². The van der Waals surface area contributed by atoms with Crippen molar-refractivity contribution in [3.63, 3.8) is 0 Å². The molecule has 1 saturated heterocycles. The molecule has 2 nitrogen and oxygen atoms in total. The molecule has 1 heterocycles. The summed E-state index contributed by atoms with van der Waals surface area (Å²) in [6.07, 6.45) is 2.09. The monoisotopic (exact) mass is 345 g/mol. The Balaban J connectivity index is 2.05. The predicted molar refractivity (Wildman–Crippen MR) is 72.0 cm³/mol. The number of nitrogens with zero attached hydrogens (tertiary/aromatic N) is 1. The molecule has 0 bridgehead atoms. The minimum Gasteiger partial charge on any atom is -0.339 e. The minimum atomic E-state index is 0.145. The van der Waals surface area contributed by atoms with Crippen molar-refractivity contribution >= 4 is 37.8 Å². The first-order valence-corrected chi connectivity index (χ1v) is 7.06. The Morgan fingerprint density at radius 1 is 1.19 bits per heavy atom. The van der Waals surface area contributed by atoms with Crippen LogP contribution in [0.25, 0.3) is 0 Å². The number of carbonyl (C=O) groups excluding carboxylic acids is 1. The van der Waals surface area contributed by atoms with Gasteiger partial charge in [0, 0.05) is 28.0 Å². The zero-order valence-electron chi connectivity index (χ0n) is 8.83. The molecule has 16 heavy (non-hydrogen) atoms. The highest BCUT2D eigenvalue weighted by Gasteiger charge is 2.21. The number of piperidine rings is 1. The third kappa shape index (κ3) is 2.86. The van der Waals surface area contributed by atoms with E-state index in [2.05, 4.69) is 31.9 Å². The second-order valence-electron chi connectivity index (χ2n) is 3.97. The number of hydrogen-bond acceptors (Lipinski definition) is 1. The Bertz CT molecular complexity index is 369. The Kier molecular flexibility index (Phi) is 4.03. The first-order valence-electron chi connectivity index (χ1n) is 5.36. The van der Waals surface area contributed by atoms with Gasteiger partial charge in [-0.2, -0.15) is 0 Å². The number of carbonyl (C=O) groups is 1. The van der Waals surface area contributed by atoms with Gasteiger partial charge >= 0.3 is 0 Å². The highest BCUT2D eigenvalue weighted by molar-refractivity contribution is 9.10. The minimum absolute atomic E-state index is 0.145. The van der Waals surface area contributed by atoms with Gasteiger partial charge in [0.15, 0.2) is 0 Å². The van der Waals surface area contributed by atoms with E-state index in [1.54, 1.807) is 0 Å². The number of benzene rings is 1. The van der Waals surface area contributed by atoms with Gasteiger partial charge in [-0.1, -0.05) is 31.9 Å². The highest BCUT2D eigenvalue weighted by Crippen LogP contribution is 2.19. The summed E-state index contributed by atoms with van der Waals surface area (Å²) in [6, 6.07) is 7.55. The average Bonchev–Trinajstić information content (AvgIpc) is 2.30. The van der Waals surface area contributed by atoms with Gasteiger partial charge in [0.2, 0.25) is 0 Å². The molecular weight excluding hydrogens is 334 g/mol. The van der Waals surface area contributed by atoms with Gasteiger partial charge in [-0.25, -0.2) is 0 Å². The molecule has 1 fully saturated rings. The van der Waals surface area contributed by atoms with E-state index in [-0.39, 0.29) is 5.91 Å². The van der Waals surface area contributed by atoms with Crippen molar-refractivity contribution in [3.05, 3.63) is 34.3 Å². The fraction of sp³-hybridized carbons (Fsp3) is 0.417. The van der Waals surface area contributed by atoms with Crippen LogP contribution in [0.4, 0.5) is 0 Å². The van der Waals surface area contributed by atoms with Crippen LogP contribution in [0.5, 0.6) is 0 Å². The summed E-state index contributed by atoms with van der Waals surface area (Å²) >= 11 is 6.95. The van der Waals surface area contributed by atoms with Crippen molar-refractivity contribution in [2.75, 3.05) is 13.1 Å². The van der Waals surface area contributed by atoms with Gasteiger partial charge in [-0.15, -0.1) is 0 Å². The van der Waals surface area contributed by atoms with E-state index in [9.17, 15) is 4.79 Å². The summed E-state index contributed by atoms with van der Waals surface area (Å²) in [7, 11) is 0. The molecule has 86 valence electrons. The molecule has 0 aliphatic carbocycles. The van der Waals surface area contributed by atoms with Crippen LogP contribution in [-0.4, -0.2) is 28.7 Å².